The molecular weight excluding hydrogens is 385 g/mol. The number of hydrogen-bond donors (Lipinski definition) is 1. The lowest BCUT2D eigenvalue weighted by Crippen LogP contribution is -2.29. The number of rotatable bonds is 4. The molecule has 2 heterocycles. The lowest BCUT2D eigenvalue weighted by molar-refractivity contribution is 0.0691. The zero-order valence-corrected chi connectivity index (χ0v) is 16.9. The van der Waals surface area contributed by atoms with E-state index in [-0.39, 0.29) is 17.4 Å². The zero-order valence-electron chi connectivity index (χ0n) is 16.9. The number of carbonyl (C=O) groups is 2. The van der Waals surface area contributed by atoms with Gasteiger partial charge in [-0.2, -0.15) is 0 Å². The van der Waals surface area contributed by atoms with Gasteiger partial charge in [-0.1, -0.05) is 6.07 Å². The fourth-order valence-electron chi connectivity index (χ4n) is 3.93. The topological polar surface area (TPSA) is 83.4 Å². The summed E-state index contributed by atoms with van der Waals surface area (Å²) < 4.78 is 13.6. The van der Waals surface area contributed by atoms with Crippen molar-refractivity contribution in [3.63, 3.8) is 0 Å². The van der Waals surface area contributed by atoms with Gasteiger partial charge in [0.1, 0.15) is 5.82 Å². The molecule has 0 saturated carbocycles. The van der Waals surface area contributed by atoms with Gasteiger partial charge in [-0.05, 0) is 68.5 Å². The van der Waals surface area contributed by atoms with E-state index in [0.29, 0.717) is 30.6 Å². The summed E-state index contributed by atoms with van der Waals surface area (Å²) in [5.74, 6) is -1.86. The quantitative estimate of drug-likeness (QED) is 0.711. The number of likely N-dealkylation sites (tertiary alicyclic amines) is 1. The highest BCUT2D eigenvalue weighted by Gasteiger charge is 2.27. The standard InChI is InChI=1S/C23H22FN3O3/c1-13-14(2)26-21-11-17(4-6-20(21)25-13)22(28)27-8-7-16(12-27)9-15-3-5-19(24)18(10-15)23(29)30/h3-6,10-11,16H,7-9,12H2,1-2H3,(H,29,30). The lowest BCUT2D eigenvalue weighted by Gasteiger charge is -2.17. The Balaban J connectivity index is 1.47. The van der Waals surface area contributed by atoms with Crippen molar-refractivity contribution in [1.29, 1.82) is 0 Å². The molecule has 0 spiro atoms. The van der Waals surface area contributed by atoms with E-state index in [0.717, 1.165) is 28.9 Å². The minimum atomic E-state index is -1.28. The van der Waals surface area contributed by atoms with Crippen LogP contribution in [-0.4, -0.2) is 44.9 Å². The number of carboxylic acids is 1. The first-order valence-electron chi connectivity index (χ1n) is 9.88. The molecule has 1 atom stereocenters. The highest BCUT2D eigenvalue weighted by atomic mass is 19.1. The van der Waals surface area contributed by atoms with Gasteiger partial charge in [0, 0.05) is 18.7 Å². The third kappa shape index (κ3) is 3.87. The second-order valence-electron chi connectivity index (χ2n) is 7.83. The van der Waals surface area contributed by atoms with Crippen molar-refractivity contribution in [1.82, 2.24) is 14.9 Å². The Bertz CT molecular complexity index is 1160. The molecule has 154 valence electrons. The molecule has 1 aliphatic heterocycles. The molecule has 3 aromatic rings. The monoisotopic (exact) mass is 407 g/mol. The van der Waals surface area contributed by atoms with E-state index in [1.165, 1.54) is 12.1 Å². The Labute approximate surface area is 173 Å². The number of hydrogen-bond acceptors (Lipinski definition) is 4. The summed E-state index contributed by atoms with van der Waals surface area (Å²) in [6, 6.07) is 9.56. The summed E-state index contributed by atoms with van der Waals surface area (Å²) in [4.78, 5) is 35.0. The molecule has 0 radical (unpaired) electrons. The van der Waals surface area contributed by atoms with Crippen LogP contribution in [0.1, 0.15) is 44.1 Å². The average Bonchev–Trinajstić information content (AvgIpc) is 3.17. The van der Waals surface area contributed by atoms with Crippen LogP contribution >= 0.6 is 0 Å². The number of benzene rings is 2. The fourth-order valence-corrected chi connectivity index (χ4v) is 3.93. The molecule has 0 bridgehead atoms. The summed E-state index contributed by atoms with van der Waals surface area (Å²) in [7, 11) is 0. The van der Waals surface area contributed by atoms with Crippen molar-refractivity contribution >= 4 is 22.9 Å². The van der Waals surface area contributed by atoms with Crippen LogP contribution in [0.2, 0.25) is 0 Å². The van der Waals surface area contributed by atoms with Gasteiger partial charge in [-0.15, -0.1) is 0 Å². The molecule has 1 unspecified atom stereocenters. The minimum Gasteiger partial charge on any atom is -0.478 e. The Morgan fingerprint density at radius 3 is 2.57 bits per heavy atom. The van der Waals surface area contributed by atoms with E-state index in [2.05, 4.69) is 9.97 Å². The Kier molecular flexibility index (Phi) is 5.20. The molecule has 1 N–H and O–H groups in total. The minimum absolute atomic E-state index is 0.0511. The van der Waals surface area contributed by atoms with Crippen molar-refractivity contribution in [3.8, 4) is 0 Å². The van der Waals surface area contributed by atoms with Crippen LogP contribution in [0.3, 0.4) is 0 Å². The van der Waals surface area contributed by atoms with Gasteiger partial charge in [0.15, 0.2) is 0 Å². The molecule has 7 heteroatoms. The first-order chi connectivity index (χ1) is 14.3. The zero-order chi connectivity index (χ0) is 21.4. The highest BCUT2D eigenvalue weighted by Crippen LogP contribution is 2.24. The number of carbonyl (C=O) groups excluding carboxylic acids is 1. The number of halogens is 1. The second-order valence-corrected chi connectivity index (χ2v) is 7.83. The summed E-state index contributed by atoms with van der Waals surface area (Å²) in [6.07, 6.45) is 1.42. The van der Waals surface area contributed by atoms with Crippen LogP contribution in [-0.2, 0) is 6.42 Å². The molecule has 4 rings (SSSR count). The van der Waals surface area contributed by atoms with Gasteiger partial charge in [-0.3, -0.25) is 4.79 Å². The van der Waals surface area contributed by atoms with Gasteiger partial charge in [0.25, 0.3) is 5.91 Å². The van der Waals surface area contributed by atoms with Crippen LogP contribution in [0.4, 0.5) is 4.39 Å². The van der Waals surface area contributed by atoms with Crippen LogP contribution in [0.5, 0.6) is 0 Å². The van der Waals surface area contributed by atoms with Crippen molar-refractivity contribution in [2.75, 3.05) is 13.1 Å². The first-order valence-corrected chi connectivity index (χ1v) is 9.88. The molecule has 30 heavy (non-hydrogen) atoms. The van der Waals surface area contributed by atoms with Gasteiger partial charge in [-0.25, -0.2) is 19.2 Å². The van der Waals surface area contributed by atoms with Gasteiger partial charge < -0.3 is 10.0 Å². The van der Waals surface area contributed by atoms with Gasteiger partial charge in [0.05, 0.1) is 28.0 Å². The van der Waals surface area contributed by atoms with Gasteiger partial charge in [0.2, 0.25) is 0 Å². The molecule has 1 fully saturated rings. The third-order valence-electron chi connectivity index (χ3n) is 5.68. The Hall–Kier alpha value is -3.35. The molecule has 2 aromatic carbocycles. The molecule has 1 saturated heterocycles. The molecule has 1 aliphatic rings. The number of carboxylic acid groups (broad SMARTS) is 1. The predicted octanol–water partition coefficient (Wildman–Crippen LogP) is 3.79. The number of aromatic nitrogens is 2. The largest absolute Gasteiger partial charge is 0.478 e. The van der Waals surface area contributed by atoms with E-state index in [1.807, 2.05) is 24.8 Å². The molecule has 1 aromatic heterocycles. The fraction of sp³-hybridized carbons (Fsp3) is 0.304. The normalized spacial score (nSPS) is 16.2. The van der Waals surface area contributed by atoms with Crippen molar-refractivity contribution < 1.29 is 19.1 Å². The SMILES string of the molecule is Cc1nc2ccc(C(=O)N3CCC(Cc4ccc(F)c(C(=O)O)c4)C3)cc2nc1C. The number of aryl methyl sites for hydroxylation is 2. The van der Waals surface area contributed by atoms with Crippen molar-refractivity contribution in [2.45, 2.75) is 26.7 Å². The Morgan fingerprint density at radius 2 is 1.83 bits per heavy atom. The molecule has 6 nitrogen and oxygen atoms in total. The maximum Gasteiger partial charge on any atom is 0.338 e. The van der Waals surface area contributed by atoms with E-state index >= 15 is 0 Å². The number of nitrogens with zero attached hydrogens (tertiary/aromatic N) is 3. The smallest absolute Gasteiger partial charge is 0.338 e. The predicted molar refractivity (Wildman–Crippen MR) is 110 cm³/mol. The van der Waals surface area contributed by atoms with Crippen LogP contribution in [0, 0.1) is 25.6 Å². The Morgan fingerprint density at radius 1 is 1.10 bits per heavy atom. The number of aromatic carboxylic acids is 1. The average molecular weight is 407 g/mol. The van der Waals surface area contributed by atoms with Crippen LogP contribution in [0.25, 0.3) is 11.0 Å². The van der Waals surface area contributed by atoms with Crippen molar-refractivity contribution in [2.24, 2.45) is 5.92 Å². The van der Waals surface area contributed by atoms with Gasteiger partial charge >= 0.3 is 5.97 Å². The maximum absolute atomic E-state index is 13.6. The third-order valence-corrected chi connectivity index (χ3v) is 5.68. The lowest BCUT2D eigenvalue weighted by atomic mass is 9.97. The first kappa shape index (κ1) is 19.9. The van der Waals surface area contributed by atoms with Crippen LogP contribution < -0.4 is 0 Å². The van der Waals surface area contributed by atoms with E-state index < -0.39 is 11.8 Å². The van der Waals surface area contributed by atoms with E-state index in [9.17, 15) is 14.0 Å². The van der Waals surface area contributed by atoms with Crippen LogP contribution in [0.15, 0.2) is 36.4 Å². The summed E-state index contributed by atoms with van der Waals surface area (Å²) in [5.41, 5.74) is 4.20. The summed E-state index contributed by atoms with van der Waals surface area (Å²) in [6.45, 7) is 5.01. The molecule has 1 amide bonds. The second kappa shape index (κ2) is 7.82. The number of fused-ring (bicyclic) bond motifs is 1. The van der Waals surface area contributed by atoms with Crippen molar-refractivity contribution in [3.05, 3.63) is 70.3 Å². The van der Waals surface area contributed by atoms with E-state index in [4.69, 9.17) is 5.11 Å². The maximum atomic E-state index is 13.6. The molecule has 0 aliphatic carbocycles. The summed E-state index contributed by atoms with van der Waals surface area (Å²) in [5, 5.41) is 9.10. The number of amides is 1. The molecular formula is C23H22FN3O3. The summed E-state index contributed by atoms with van der Waals surface area (Å²) >= 11 is 0. The highest BCUT2D eigenvalue weighted by molar-refractivity contribution is 5.97. The van der Waals surface area contributed by atoms with E-state index in [1.54, 1.807) is 18.2 Å².